The molecule has 2 fully saturated rings. The summed E-state index contributed by atoms with van der Waals surface area (Å²) in [6.07, 6.45) is 3.03. The molecule has 0 spiro atoms. The van der Waals surface area contributed by atoms with Crippen LogP contribution in [0.25, 0.3) is 0 Å². The summed E-state index contributed by atoms with van der Waals surface area (Å²) in [7, 11) is 0. The number of piperidine rings is 1. The van der Waals surface area contributed by atoms with Gasteiger partial charge in [-0.2, -0.15) is 0 Å². The molecule has 0 aromatic heterocycles. The van der Waals surface area contributed by atoms with E-state index in [4.69, 9.17) is 0 Å². The molecule has 0 radical (unpaired) electrons. The third kappa shape index (κ3) is 5.03. The van der Waals surface area contributed by atoms with Crippen LogP contribution < -0.4 is 5.32 Å². The number of aliphatic hydroxyl groups excluding tert-OH is 1. The molecule has 3 rings (SSSR count). The van der Waals surface area contributed by atoms with Crippen LogP contribution in [-0.4, -0.2) is 65.7 Å². The van der Waals surface area contributed by atoms with Crippen LogP contribution in [-0.2, 0) is 11.3 Å². The molecule has 1 aromatic carbocycles. The van der Waals surface area contributed by atoms with Gasteiger partial charge in [-0.25, -0.2) is 0 Å². The van der Waals surface area contributed by atoms with Crippen LogP contribution in [0.3, 0.4) is 0 Å². The summed E-state index contributed by atoms with van der Waals surface area (Å²) in [6, 6.07) is 10.8. The molecule has 2 saturated heterocycles. The van der Waals surface area contributed by atoms with Crippen molar-refractivity contribution in [1.29, 1.82) is 0 Å². The van der Waals surface area contributed by atoms with Crippen LogP contribution in [0.1, 0.15) is 31.7 Å². The summed E-state index contributed by atoms with van der Waals surface area (Å²) in [5, 5.41) is 12.5. The lowest BCUT2D eigenvalue weighted by molar-refractivity contribution is -0.126. The van der Waals surface area contributed by atoms with Crippen LogP contribution in [0.5, 0.6) is 0 Å². The molecule has 25 heavy (non-hydrogen) atoms. The summed E-state index contributed by atoms with van der Waals surface area (Å²) in [5.41, 5.74) is 1.35. The van der Waals surface area contributed by atoms with E-state index >= 15 is 0 Å². The predicted octanol–water partition coefficient (Wildman–Crippen LogP) is 1.47. The van der Waals surface area contributed by atoms with Gasteiger partial charge in [0, 0.05) is 38.8 Å². The highest BCUT2D eigenvalue weighted by Gasteiger charge is 2.30. The lowest BCUT2D eigenvalue weighted by Crippen LogP contribution is -2.50. The van der Waals surface area contributed by atoms with Gasteiger partial charge in [0.05, 0.1) is 6.04 Å². The van der Waals surface area contributed by atoms with Crippen molar-refractivity contribution in [2.45, 2.75) is 44.8 Å². The van der Waals surface area contributed by atoms with Crippen molar-refractivity contribution in [3.8, 4) is 0 Å². The van der Waals surface area contributed by atoms with Gasteiger partial charge in [-0.15, -0.1) is 0 Å². The molecule has 5 nitrogen and oxygen atoms in total. The quantitative estimate of drug-likeness (QED) is 0.820. The number of hydrogen-bond donors (Lipinski definition) is 2. The van der Waals surface area contributed by atoms with E-state index in [1.807, 2.05) is 6.92 Å². The van der Waals surface area contributed by atoms with E-state index in [1.165, 1.54) is 5.56 Å². The first-order valence-electron chi connectivity index (χ1n) is 9.57. The number of nitrogens with one attached hydrogen (secondary N) is 1. The molecule has 0 aliphatic carbocycles. The number of hydrogen-bond acceptors (Lipinski definition) is 4. The van der Waals surface area contributed by atoms with Crippen LogP contribution in [0.15, 0.2) is 30.3 Å². The van der Waals surface area contributed by atoms with Gasteiger partial charge < -0.3 is 10.4 Å². The second kappa shape index (κ2) is 8.79. The molecule has 1 amide bonds. The molecule has 138 valence electrons. The Labute approximate surface area is 151 Å². The molecule has 2 heterocycles. The fourth-order valence-electron chi connectivity index (χ4n) is 3.93. The molecular formula is C20H31N3O2. The Bertz CT molecular complexity index is 543. The van der Waals surface area contributed by atoms with E-state index in [9.17, 15) is 9.90 Å². The number of nitrogens with zero attached hydrogens (tertiary/aromatic N) is 2. The second-order valence-electron chi connectivity index (χ2n) is 7.55. The highest BCUT2D eigenvalue weighted by Crippen LogP contribution is 2.19. The minimum Gasteiger partial charge on any atom is -0.396 e. The van der Waals surface area contributed by atoms with Crippen molar-refractivity contribution >= 4 is 5.91 Å². The molecular weight excluding hydrogens is 314 g/mol. The SMILES string of the molecule is CC(C(=O)NC1CCN(Cc2ccccc2)CC1)N1CCC(CO)C1. The summed E-state index contributed by atoms with van der Waals surface area (Å²) in [4.78, 5) is 17.2. The number of carbonyl (C=O) groups excluding carboxylic acids is 1. The predicted molar refractivity (Wildman–Crippen MR) is 99.1 cm³/mol. The van der Waals surface area contributed by atoms with Gasteiger partial charge in [-0.1, -0.05) is 30.3 Å². The molecule has 2 unspecified atom stereocenters. The lowest BCUT2D eigenvalue weighted by atomic mass is 10.0. The topological polar surface area (TPSA) is 55.8 Å². The Morgan fingerprint density at radius 2 is 1.92 bits per heavy atom. The van der Waals surface area contributed by atoms with Crippen molar-refractivity contribution in [3.63, 3.8) is 0 Å². The summed E-state index contributed by atoms with van der Waals surface area (Å²) in [6.45, 7) is 7.02. The summed E-state index contributed by atoms with van der Waals surface area (Å²) >= 11 is 0. The van der Waals surface area contributed by atoms with Gasteiger partial charge in [-0.3, -0.25) is 14.6 Å². The Hall–Kier alpha value is -1.43. The fraction of sp³-hybridized carbons (Fsp3) is 0.650. The zero-order valence-corrected chi connectivity index (χ0v) is 15.2. The third-order valence-corrected chi connectivity index (χ3v) is 5.69. The van der Waals surface area contributed by atoms with Crippen molar-refractivity contribution < 1.29 is 9.90 Å². The van der Waals surface area contributed by atoms with E-state index in [-0.39, 0.29) is 18.6 Å². The van der Waals surface area contributed by atoms with E-state index < -0.39 is 0 Å². The monoisotopic (exact) mass is 345 g/mol. The van der Waals surface area contributed by atoms with E-state index in [0.717, 1.165) is 52.0 Å². The van der Waals surface area contributed by atoms with Crippen LogP contribution in [0.4, 0.5) is 0 Å². The molecule has 1 aromatic rings. The molecule has 2 aliphatic heterocycles. The second-order valence-corrected chi connectivity index (χ2v) is 7.55. The summed E-state index contributed by atoms with van der Waals surface area (Å²) in [5.74, 6) is 0.469. The van der Waals surface area contributed by atoms with Gasteiger partial charge in [0.2, 0.25) is 5.91 Å². The molecule has 2 N–H and O–H groups in total. The van der Waals surface area contributed by atoms with Gasteiger partial charge in [0.15, 0.2) is 0 Å². The number of rotatable bonds is 6. The number of likely N-dealkylation sites (tertiary alicyclic amines) is 2. The molecule has 2 atom stereocenters. The maximum atomic E-state index is 12.5. The zero-order chi connectivity index (χ0) is 17.6. The van der Waals surface area contributed by atoms with E-state index in [0.29, 0.717) is 12.0 Å². The fourth-order valence-corrected chi connectivity index (χ4v) is 3.93. The largest absolute Gasteiger partial charge is 0.396 e. The molecule has 0 bridgehead atoms. The Morgan fingerprint density at radius 3 is 2.56 bits per heavy atom. The Morgan fingerprint density at radius 1 is 1.20 bits per heavy atom. The standard InChI is InChI=1S/C20H31N3O2/c1-16(23-12-7-18(14-23)15-24)20(25)21-19-8-10-22(11-9-19)13-17-5-3-2-4-6-17/h2-6,16,18-19,24H,7-15H2,1H3,(H,21,25). The molecule has 2 aliphatic rings. The maximum absolute atomic E-state index is 12.5. The van der Waals surface area contributed by atoms with Gasteiger partial charge in [-0.05, 0) is 44.2 Å². The van der Waals surface area contributed by atoms with Crippen LogP contribution in [0, 0.1) is 5.92 Å². The highest BCUT2D eigenvalue weighted by atomic mass is 16.3. The van der Waals surface area contributed by atoms with E-state index in [1.54, 1.807) is 0 Å². The first-order chi connectivity index (χ1) is 12.2. The normalized spacial score (nSPS) is 24.3. The smallest absolute Gasteiger partial charge is 0.237 e. The first kappa shape index (κ1) is 18.4. The van der Waals surface area contributed by atoms with Crippen molar-refractivity contribution in [1.82, 2.24) is 15.1 Å². The zero-order valence-electron chi connectivity index (χ0n) is 15.2. The number of benzene rings is 1. The third-order valence-electron chi connectivity index (χ3n) is 5.69. The van der Waals surface area contributed by atoms with Crippen LogP contribution >= 0.6 is 0 Å². The van der Waals surface area contributed by atoms with Gasteiger partial charge in [0.25, 0.3) is 0 Å². The highest BCUT2D eigenvalue weighted by molar-refractivity contribution is 5.81. The number of amides is 1. The van der Waals surface area contributed by atoms with Crippen molar-refractivity contribution in [2.75, 3.05) is 32.8 Å². The lowest BCUT2D eigenvalue weighted by Gasteiger charge is -2.33. The first-order valence-corrected chi connectivity index (χ1v) is 9.57. The molecule has 0 saturated carbocycles. The maximum Gasteiger partial charge on any atom is 0.237 e. The van der Waals surface area contributed by atoms with Crippen LogP contribution in [0.2, 0.25) is 0 Å². The summed E-state index contributed by atoms with van der Waals surface area (Å²) < 4.78 is 0. The van der Waals surface area contributed by atoms with E-state index in [2.05, 4.69) is 45.4 Å². The number of aliphatic hydroxyl groups is 1. The molecule has 5 heteroatoms. The minimum absolute atomic E-state index is 0.0982. The van der Waals surface area contributed by atoms with Crippen molar-refractivity contribution in [2.24, 2.45) is 5.92 Å². The Balaban J connectivity index is 1.40. The average Bonchev–Trinajstić information content (AvgIpc) is 3.13. The van der Waals surface area contributed by atoms with Crippen molar-refractivity contribution in [3.05, 3.63) is 35.9 Å². The average molecular weight is 345 g/mol. The Kier molecular flexibility index (Phi) is 6.45. The number of carbonyl (C=O) groups is 1. The minimum atomic E-state index is -0.0982. The van der Waals surface area contributed by atoms with Gasteiger partial charge in [0.1, 0.15) is 0 Å². The van der Waals surface area contributed by atoms with Gasteiger partial charge >= 0.3 is 0 Å².